The van der Waals surface area contributed by atoms with Crippen molar-refractivity contribution in [3.8, 4) is 34.5 Å². The van der Waals surface area contributed by atoms with E-state index in [0.717, 1.165) is 0 Å². The second-order valence-electron chi connectivity index (χ2n) is 6.74. The van der Waals surface area contributed by atoms with Crippen molar-refractivity contribution in [2.45, 2.75) is 25.7 Å². The molecule has 146 valence electrons. The number of aryl methyl sites for hydroxylation is 4. The highest BCUT2D eigenvalue weighted by atomic mass is 16.3. The van der Waals surface area contributed by atoms with Crippen LogP contribution in [0.25, 0.3) is 0 Å². The summed E-state index contributed by atoms with van der Waals surface area (Å²) in [5.74, 6) is 0.230. The molecule has 0 spiro atoms. The molecule has 3 aromatic carbocycles. The summed E-state index contributed by atoms with van der Waals surface area (Å²) in [7, 11) is 0. The van der Waals surface area contributed by atoms with Gasteiger partial charge in [0.1, 0.15) is 34.5 Å². The summed E-state index contributed by atoms with van der Waals surface area (Å²) in [5.41, 5.74) is 2.10. The quantitative estimate of drug-likeness (QED) is 0.363. The van der Waals surface area contributed by atoms with Crippen molar-refractivity contribution in [1.29, 1.82) is 0 Å². The van der Waals surface area contributed by atoms with Crippen LogP contribution in [0.1, 0.15) is 22.3 Å². The molecule has 0 unspecified atom stereocenters. The first-order chi connectivity index (χ1) is 13.3. The Morgan fingerprint density at radius 3 is 1.21 bits per heavy atom. The second kappa shape index (κ2) is 8.00. The molecule has 3 aromatic rings. The van der Waals surface area contributed by atoms with Crippen LogP contribution in [0.15, 0.2) is 48.5 Å². The van der Waals surface area contributed by atoms with Crippen molar-refractivity contribution in [2.75, 3.05) is 0 Å². The van der Waals surface area contributed by atoms with Crippen molar-refractivity contribution in [2.24, 2.45) is 0 Å². The van der Waals surface area contributed by atoms with Gasteiger partial charge in [-0.05, 0) is 96.5 Å². The van der Waals surface area contributed by atoms with Gasteiger partial charge in [0, 0.05) is 0 Å². The second-order valence-corrected chi connectivity index (χ2v) is 6.74. The highest BCUT2D eigenvalue weighted by molar-refractivity contribution is 5.48. The number of hydrogen-bond donors (Lipinski definition) is 6. The number of hydrogen-bond acceptors (Lipinski definition) is 6. The minimum Gasteiger partial charge on any atom is -0.508 e. The Bertz CT molecular complexity index is 920. The average molecular weight is 382 g/mol. The summed E-state index contributed by atoms with van der Waals surface area (Å²) in [6.45, 7) is 0. The maximum Gasteiger partial charge on any atom is 0.122 e. The van der Waals surface area contributed by atoms with Gasteiger partial charge in [0.2, 0.25) is 0 Å². The molecule has 6 N–H and O–H groups in total. The summed E-state index contributed by atoms with van der Waals surface area (Å²) >= 11 is 0. The normalized spacial score (nSPS) is 10.9. The smallest absolute Gasteiger partial charge is 0.122 e. The van der Waals surface area contributed by atoms with Crippen molar-refractivity contribution in [3.63, 3.8) is 0 Å². The van der Waals surface area contributed by atoms with Gasteiger partial charge in [-0.2, -0.15) is 0 Å². The Hall–Kier alpha value is -3.54. The third-order valence-corrected chi connectivity index (χ3v) is 4.71. The zero-order chi connectivity index (χ0) is 20.3. The van der Waals surface area contributed by atoms with Gasteiger partial charge in [0.25, 0.3) is 0 Å². The number of phenolic OH excluding ortho intramolecular Hbond substituents is 6. The van der Waals surface area contributed by atoms with Gasteiger partial charge in [-0.15, -0.1) is 0 Å². The molecule has 0 bridgehead atoms. The topological polar surface area (TPSA) is 121 Å². The Labute approximate surface area is 162 Å². The van der Waals surface area contributed by atoms with Crippen molar-refractivity contribution in [3.05, 3.63) is 70.8 Å². The first-order valence-electron chi connectivity index (χ1n) is 8.89. The molecular formula is C22H22O6. The molecule has 0 aliphatic rings. The summed E-state index contributed by atoms with van der Waals surface area (Å²) in [4.78, 5) is 0. The number of benzene rings is 3. The van der Waals surface area contributed by atoms with Gasteiger partial charge < -0.3 is 30.6 Å². The van der Waals surface area contributed by atoms with E-state index in [1.165, 1.54) is 48.5 Å². The predicted octanol–water partition coefficient (Wildman–Crippen LogP) is 3.49. The van der Waals surface area contributed by atoms with Crippen LogP contribution < -0.4 is 0 Å². The van der Waals surface area contributed by atoms with Gasteiger partial charge in [-0.3, -0.25) is 0 Å². The summed E-state index contributed by atoms with van der Waals surface area (Å²) in [6, 6.07) is 11.4. The molecule has 0 radical (unpaired) electrons. The van der Waals surface area contributed by atoms with E-state index in [-0.39, 0.29) is 34.5 Å². The largest absolute Gasteiger partial charge is 0.508 e. The molecular weight excluding hydrogens is 360 g/mol. The lowest BCUT2D eigenvalue weighted by molar-refractivity contribution is 0.443. The number of phenols is 6. The lowest BCUT2D eigenvalue weighted by Crippen LogP contribution is -1.98. The molecule has 0 amide bonds. The highest BCUT2D eigenvalue weighted by Gasteiger charge is 2.13. The van der Waals surface area contributed by atoms with Gasteiger partial charge in [0.15, 0.2) is 0 Å². The fraction of sp³-hybridized carbons (Fsp3) is 0.182. The fourth-order valence-corrected chi connectivity index (χ4v) is 3.21. The van der Waals surface area contributed by atoms with E-state index in [9.17, 15) is 30.6 Å². The fourth-order valence-electron chi connectivity index (χ4n) is 3.21. The molecule has 3 rings (SSSR count). The summed E-state index contributed by atoms with van der Waals surface area (Å²) < 4.78 is 0. The molecule has 0 fully saturated rings. The monoisotopic (exact) mass is 382 g/mol. The van der Waals surface area contributed by atoms with Gasteiger partial charge in [-0.1, -0.05) is 0 Å². The molecule has 0 aliphatic heterocycles. The SMILES string of the molecule is Oc1ccc(O)c(CCc2cc(O)cc(CCc3cc(O)ccc3O)c2O)c1. The first-order valence-corrected chi connectivity index (χ1v) is 8.89. The van der Waals surface area contributed by atoms with Crippen LogP contribution in [-0.2, 0) is 25.7 Å². The Morgan fingerprint density at radius 1 is 0.429 bits per heavy atom. The zero-order valence-corrected chi connectivity index (χ0v) is 15.1. The molecule has 0 saturated carbocycles. The molecule has 0 saturated heterocycles. The predicted molar refractivity (Wildman–Crippen MR) is 104 cm³/mol. The number of rotatable bonds is 6. The van der Waals surface area contributed by atoms with Crippen LogP contribution in [0, 0.1) is 0 Å². The Balaban J connectivity index is 1.77. The van der Waals surface area contributed by atoms with Crippen molar-refractivity contribution >= 4 is 0 Å². The van der Waals surface area contributed by atoms with Gasteiger partial charge >= 0.3 is 0 Å². The van der Waals surface area contributed by atoms with Crippen LogP contribution in [0.2, 0.25) is 0 Å². The Kier molecular flexibility index (Phi) is 5.49. The minimum atomic E-state index is 0.00283. The molecule has 6 heteroatoms. The van der Waals surface area contributed by atoms with E-state index < -0.39 is 0 Å². The lowest BCUT2D eigenvalue weighted by atomic mass is 9.96. The standard InChI is InChI=1S/C22H22O6/c23-17-5-7-20(26)13(9-17)1-3-15-11-19(25)12-16(22(15)28)4-2-14-10-18(24)6-8-21(14)27/h5-12,23-28H,1-4H2. The third kappa shape index (κ3) is 4.40. The van der Waals surface area contributed by atoms with E-state index in [0.29, 0.717) is 47.9 Å². The van der Waals surface area contributed by atoms with Crippen molar-refractivity contribution in [1.82, 2.24) is 0 Å². The molecule has 0 aromatic heterocycles. The summed E-state index contributed by atoms with van der Waals surface area (Å²) in [5, 5.41) is 59.5. The highest BCUT2D eigenvalue weighted by Crippen LogP contribution is 2.32. The van der Waals surface area contributed by atoms with Gasteiger partial charge in [-0.25, -0.2) is 0 Å². The van der Waals surface area contributed by atoms with Gasteiger partial charge in [0.05, 0.1) is 0 Å². The van der Waals surface area contributed by atoms with Crippen molar-refractivity contribution < 1.29 is 30.6 Å². The molecule has 6 nitrogen and oxygen atoms in total. The third-order valence-electron chi connectivity index (χ3n) is 4.71. The first kappa shape index (κ1) is 19.2. The van der Waals surface area contributed by atoms with Crippen LogP contribution in [-0.4, -0.2) is 30.6 Å². The maximum absolute atomic E-state index is 10.6. The van der Waals surface area contributed by atoms with E-state index in [4.69, 9.17) is 0 Å². The van der Waals surface area contributed by atoms with Crippen LogP contribution >= 0.6 is 0 Å². The average Bonchev–Trinajstić information content (AvgIpc) is 2.65. The van der Waals surface area contributed by atoms with E-state index in [2.05, 4.69) is 0 Å². The molecule has 0 atom stereocenters. The van der Waals surface area contributed by atoms with Crippen LogP contribution in [0.5, 0.6) is 34.5 Å². The van der Waals surface area contributed by atoms with Crippen LogP contribution in [0.3, 0.4) is 0 Å². The van der Waals surface area contributed by atoms with E-state index in [1.54, 1.807) is 0 Å². The lowest BCUT2D eigenvalue weighted by Gasteiger charge is -2.12. The minimum absolute atomic E-state index is 0.00283. The zero-order valence-electron chi connectivity index (χ0n) is 15.1. The van der Waals surface area contributed by atoms with E-state index in [1.807, 2.05) is 0 Å². The molecule has 0 aliphatic carbocycles. The Morgan fingerprint density at radius 2 is 0.786 bits per heavy atom. The maximum atomic E-state index is 10.6. The molecule has 0 heterocycles. The number of aromatic hydroxyl groups is 6. The van der Waals surface area contributed by atoms with Crippen LogP contribution in [0.4, 0.5) is 0 Å². The molecule has 28 heavy (non-hydrogen) atoms. The van der Waals surface area contributed by atoms with E-state index >= 15 is 0 Å². The summed E-state index contributed by atoms with van der Waals surface area (Å²) in [6.07, 6.45) is 1.43.